The number of hydrogen-bond acceptors (Lipinski definition) is 4. The van der Waals surface area contributed by atoms with E-state index >= 15 is 0 Å². The Hall–Kier alpha value is -3.48. The van der Waals surface area contributed by atoms with E-state index in [0.29, 0.717) is 30.2 Å². The van der Waals surface area contributed by atoms with Gasteiger partial charge in [0.25, 0.3) is 11.5 Å². The lowest BCUT2D eigenvalue weighted by molar-refractivity contribution is -0.123. The largest absolute Gasteiger partial charge is 0.290 e. The van der Waals surface area contributed by atoms with E-state index in [1.54, 1.807) is 24.3 Å². The van der Waals surface area contributed by atoms with Crippen LogP contribution in [-0.4, -0.2) is 21.6 Å². The standard InChI is InChI=1S/C22H24N4O3/c1-3-14-26-22(29)18-13-9-8-12-17(18)19(25-26)21(28)24-23-20(27)16(4-2)15-10-6-5-7-11-15/h5-13,16H,3-4,14H2,1-2H3,(H,23,27)(H,24,28). The van der Waals surface area contributed by atoms with Gasteiger partial charge in [0, 0.05) is 11.9 Å². The van der Waals surface area contributed by atoms with E-state index in [-0.39, 0.29) is 23.1 Å². The molecule has 0 bridgehead atoms. The molecule has 1 aromatic heterocycles. The van der Waals surface area contributed by atoms with E-state index in [4.69, 9.17) is 0 Å². The number of hydrazine groups is 1. The number of amides is 2. The molecule has 3 aromatic rings. The van der Waals surface area contributed by atoms with Crippen molar-refractivity contribution in [2.24, 2.45) is 0 Å². The second-order valence-electron chi connectivity index (χ2n) is 6.74. The summed E-state index contributed by atoms with van der Waals surface area (Å²) in [5.41, 5.74) is 5.68. The first-order valence-electron chi connectivity index (χ1n) is 9.71. The lowest BCUT2D eigenvalue weighted by atomic mass is 9.96. The Morgan fingerprint density at radius 3 is 2.28 bits per heavy atom. The highest BCUT2D eigenvalue weighted by atomic mass is 16.2. The third-order valence-electron chi connectivity index (χ3n) is 4.74. The molecule has 0 radical (unpaired) electrons. The molecule has 29 heavy (non-hydrogen) atoms. The number of nitrogens with one attached hydrogen (secondary N) is 2. The van der Waals surface area contributed by atoms with Gasteiger partial charge < -0.3 is 0 Å². The van der Waals surface area contributed by atoms with Gasteiger partial charge in [-0.05, 0) is 24.5 Å². The van der Waals surface area contributed by atoms with Gasteiger partial charge in [0.1, 0.15) is 0 Å². The van der Waals surface area contributed by atoms with Crippen molar-refractivity contribution in [3.8, 4) is 0 Å². The molecule has 1 heterocycles. The molecular weight excluding hydrogens is 368 g/mol. The third kappa shape index (κ3) is 4.34. The highest BCUT2D eigenvalue weighted by Gasteiger charge is 2.21. The van der Waals surface area contributed by atoms with Gasteiger partial charge in [0.15, 0.2) is 5.69 Å². The summed E-state index contributed by atoms with van der Waals surface area (Å²) in [6.45, 7) is 4.24. The predicted molar refractivity (Wildman–Crippen MR) is 111 cm³/mol. The molecule has 0 aliphatic heterocycles. The number of carbonyl (C=O) groups excluding carboxylic acids is 2. The monoisotopic (exact) mass is 392 g/mol. The Morgan fingerprint density at radius 1 is 0.966 bits per heavy atom. The van der Waals surface area contributed by atoms with Gasteiger partial charge in [-0.2, -0.15) is 5.10 Å². The average molecular weight is 392 g/mol. The topological polar surface area (TPSA) is 93.1 Å². The van der Waals surface area contributed by atoms with Crippen molar-refractivity contribution in [1.29, 1.82) is 0 Å². The molecular formula is C22H24N4O3. The summed E-state index contributed by atoms with van der Waals surface area (Å²) in [6, 6.07) is 16.2. The Labute approximate surface area is 168 Å². The van der Waals surface area contributed by atoms with Gasteiger partial charge in [0.2, 0.25) is 5.91 Å². The molecule has 3 rings (SSSR count). The second kappa shape index (κ2) is 9.14. The van der Waals surface area contributed by atoms with Crippen molar-refractivity contribution in [3.05, 3.63) is 76.2 Å². The smallest absolute Gasteiger partial charge is 0.273 e. The van der Waals surface area contributed by atoms with Crippen LogP contribution in [0.5, 0.6) is 0 Å². The van der Waals surface area contributed by atoms with Crippen LogP contribution in [0.3, 0.4) is 0 Å². The van der Waals surface area contributed by atoms with E-state index in [1.807, 2.05) is 44.2 Å². The zero-order chi connectivity index (χ0) is 20.8. The molecule has 7 heteroatoms. The maximum Gasteiger partial charge on any atom is 0.290 e. The van der Waals surface area contributed by atoms with Crippen LogP contribution in [0.1, 0.15) is 48.7 Å². The van der Waals surface area contributed by atoms with E-state index in [9.17, 15) is 14.4 Å². The summed E-state index contributed by atoms with van der Waals surface area (Å²) in [5.74, 6) is -1.25. The highest BCUT2D eigenvalue weighted by Crippen LogP contribution is 2.19. The zero-order valence-electron chi connectivity index (χ0n) is 16.5. The Balaban J connectivity index is 1.84. The Bertz CT molecular complexity index is 1080. The SMILES string of the molecule is CCCn1nc(C(=O)NNC(=O)C(CC)c2ccccc2)c2ccccc2c1=O. The van der Waals surface area contributed by atoms with Crippen LogP contribution >= 0.6 is 0 Å². The third-order valence-corrected chi connectivity index (χ3v) is 4.74. The van der Waals surface area contributed by atoms with Crippen LogP contribution in [0.25, 0.3) is 10.8 Å². The van der Waals surface area contributed by atoms with Crippen LogP contribution in [0, 0.1) is 0 Å². The van der Waals surface area contributed by atoms with Gasteiger partial charge in [-0.1, -0.05) is 62.4 Å². The second-order valence-corrected chi connectivity index (χ2v) is 6.74. The molecule has 150 valence electrons. The number of nitrogens with zero attached hydrogens (tertiary/aromatic N) is 2. The molecule has 0 saturated heterocycles. The van der Waals surface area contributed by atoms with Crippen LogP contribution in [0.2, 0.25) is 0 Å². The quantitative estimate of drug-likeness (QED) is 0.631. The minimum atomic E-state index is -0.567. The van der Waals surface area contributed by atoms with Crippen molar-refractivity contribution in [1.82, 2.24) is 20.6 Å². The van der Waals surface area contributed by atoms with Crippen molar-refractivity contribution in [2.45, 2.75) is 39.2 Å². The van der Waals surface area contributed by atoms with Crippen molar-refractivity contribution in [3.63, 3.8) is 0 Å². The van der Waals surface area contributed by atoms with Crippen molar-refractivity contribution >= 4 is 22.6 Å². The molecule has 0 saturated carbocycles. The lowest BCUT2D eigenvalue weighted by Crippen LogP contribution is -2.44. The van der Waals surface area contributed by atoms with Gasteiger partial charge in [-0.25, -0.2) is 4.68 Å². The van der Waals surface area contributed by atoms with Gasteiger partial charge >= 0.3 is 0 Å². The summed E-state index contributed by atoms with van der Waals surface area (Å²) >= 11 is 0. The first kappa shape index (κ1) is 20.3. The fraction of sp³-hybridized carbons (Fsp3) is 0.273. The zero-order valence-corrected chi connectivity index (χ0v) is 16.5. The number of aromatic nitrogens is 2. The van der Waals surface area contributed by atoms with Gasteiger partial charge in [0.05, 0.1) is 11.3 Å². The maximum atomic E-state index is 12.8. The highest BCUT2D eigenvalue weighted by molar-refractivity contribution is 6.05. The van der Waals surface area contributed by atoms with E-state index < -0.39 is 5.91 Å². The Morgan fingerprint density at radius 2 is 1.62 bits per heavy atom. The summed E-state index contributed by atoms with van der Waals surface area (Å²) < 4.78 is 1.29. The maximum absolute atomic E-state index is 12.8. The molecule has 1 atom stereocenters. The number of fused-ring (bicyclic) bond motifs is 1. The minimum Gasteiger partial charge on any atom is -0.273 e. The average Bonchev–Trinajstić information content (AvgIpc) is 2.75. The number of rotatable bonds is 6. The number of hydrogen-bond donors (Lipinski definition) is 2. The first-order chi connectivity index (χ1) is 14.1. The fourth-order valence-corrected chi connectivity index (χ4v) is 3.29. The summed E-state index contributed by atoms with van der Waals surface area (Å²) in [5, 5.41) is 5.10. The van der Waals surface area contributed by atoms with E-state index in [1.165, 1.54) is 4.68 Å². The molecule has 2 aromatic carbocycles. The van der Waals surface area contributed by atoms with Gasteiger partial charge in [-0.15, -0.1) is 0 Å². The number of aryl methyl sites for hydroxylation is 1. The number of benzene rings is 2. The van der Waals surface area contributed by atoms with E-state index in [2.05, 4.69) is 16.0 Å². The van der Waals surface area contributed by atoms with E-state index in [0.717, 1.165) is 5.56 Å². The van der Waals surface area contributed by atoms with Crippen LogP contribution in [0.4, 0.5) is 0 Å². The summed E-state index contributed by atoms with van der Waals surface area (Å²) in [7, 11) is 0. The summed E-state index contributed by atoms with van der Waals surface area (Å²) in [6.07, 6.45) is 1.30. The first-order valence-corrected chi connectivity index (χ1v) is 9.71. The molecule has 2 amide bonds. The van der Waals surface area contributed by atoms with Crippen LogP contribution in [0.15, 0.2) is 59.4 Å². The molecule has 7 nitrogen and oxygen atoms in total. The molecule has 0 aliphatic rings. The summed E-state index contributed by atoms with van der Waals surface area (Å²) in [4.78, 5) is 37.9. The molecule has 0 spiro atoms. The van der Waals surface area contributed by atoms with Crippen LogP contribution in [-0.2, 0) is 11.3 Å². The minimum absolute atomic E-state index is 0.0988. The molecule has 1 unspecified atom stereocenters. The van der Waals surface area contributed by atoms with Gasteiger partial charge in [-0.3, -0.25) is 25.2 Å². The molecule has 0 fully saturated rings. The lowest BCUT2D eigenvalue weighted by Gasteiger charge is -2.16. The molecule has 0 aliphatic carbocycles. The normalized spacial score (nSPS) is 11.8. The van der Waals surface area contributed by atoms with Crippen molar-refractivity contribution in [2.75, 3.05) is 0 Å². The molecule has 2 N–H and O–H groups in total. The predicted octanol–water partition coefficient (Wildman–Crippen LogP) is 2.76. The van der Waals surface area contributed by atoms with Crippen LogP contribution < -0.4 is 16.4 Å². The number of carbonyl (C=O) groups is 2. The fourth-order valence-electron chi connectivity index (χ4n) is 3.29. The Kier molecular flexibility index (Phi) is 6.39. The van der Waals surface area contributed by atoms with Crippen molar-refractivity contribution < 1.29 is 9.59 Å².